The second-order valence-corrected chi connectivity index (χ2v) is 5.13. The second kappa shape index (κ2) is 3.65. The first-order chi connectivity index (χ1) is 5.88. The Labute approximate surface area is 96.5 Å². The SMILES string of the molecule is COc1c(I)c(Cl)nn1C(C)(C)C. The third kappa shape index (κ3) is 2.10. The molecular weight excluding hydrogens is 302 g/mol. The highest BCUT2D eigenvalue weighted by molar-refractivity contribution is 14.1. The molecule has 0 N–H and O–H groups in total. The molecule has 0 fully saturated rings. The van der Waals surface area contributed by atoms with Gasteiger partial charge < -0.3 is 4.74 Å². The summed E-state index contributed by atoms with van der Waals surface area (Å²) in [4.78, 5) is 0. The van der Waals surface area contributed by atoms with Crippen molar-refractivity contribution in [2.45, 2.75) is 26.3 Å². The summed E-state index contributed by atoms with van der Waals surface area (Å²) < 4.78 is 7.88. The first-order valence-corrected chi connectivity index (χ1v) is 5.32. The average Bonchev–Trinajstić information content (AvgIpc) is 2.28. The molecule has 0 atom stereocenters. The monoisotopic (exact) mass is 314 g/mol. The number of rotatable bonds is 1. The third-order valence-corrected chi connectivity index (χ3v) is 3.13. The fourth-order valence-corrected chi connectivity index (χ4v) is 1.70. The maximum Gasteiger partial charge on any atom is 0.227 e. The fraction of sp³-hybridized carbons (Fsp3) is 0.625. The normalized spacial score (nSPS) is 11.8. The number of aromatic nitrogens is 2. The van der Waals surface area contributed by atoms with Gasteiger partial charge in [0.2, 0.25) is 5.88 Å². The van der Waals surface area contributed by atoms with Crippen molar-refractivity contribution in [3.05, 3.63) is 8.72 Å². The number of hydrogen-bond donors (Lipinski definition) is 0. The van der Waals surface area contributed by atoms with Crippen LogP contribution in [0.2, 0.25) is 5.15 Å². The summed E-state index contributed by atoms with van der Waals surface area (Å²) in [6, 6.07) is 0. The van der Waals surface area contributed by atoms with Crippen LogP contribution in [0, 0.1) is 3.57 Å². The van der Waals surface area contributed by atoms with E-state index in [1.54, 1.807) is 11.8 Å². The molecule has 0 radical (unpaired) electrons. The molecule has 1 aromatic heterocycles. The Morgan fingerprint density at radius 1 is 1.46 bits per heavy atom. The molecule has 1 rings (SSSR count). The first kappa shape index (κ1) is 11.1. The van der Waals surface area contributed by atoms with E-state index in [1.165, 1.54) is 0 Å². The van der Waals surface area contributed by atoms with Gasteiger partial charge in [-0.2, -0.15) is 5.10 Å². The standard InChI is InChI=1S/C8H12ClIN2O/c1-8(2,3)12-7(13-4)5(10)6(9)11-12/h1-4H3. The molecule has 0 saturated carbocycles. The van der Waals surface area contributed by atoms with Crippen LogP contribution in [-0.4, -0.2) is 16.9 Å². The van der Waals surface area contributed by atoms with Crippen LogP contribution >= 0.6 is 34.2 Å². The number of hydrogen-bond acceptors (Lipinski definition) is 2. The van der Waals surface area contributed by atoms with Crippen LogP contribution in [0.15, 0.2) is 0 Å². The van der Waals surface area contributed by atoms with Gasteiger partial charge in [0.15, 0.2) is 5.15 Å². The number of ether oxygens (including phenoxy) is 1. The lowest BCUT2D eigenvalue weighted by Gasteiger charge is -2.21. The Hall–Kier alpha value is 0.0300. The van der Waals surface area contributed by atoms with Gasteiger partial charge in [-0.1, -0.05) is 11.6 Å². The predicted molar refractivity (Wildman–Crippen MR) is 61.5 cm³/mol. The van der Waals surface area contributed by atoms with E-state index in [9.17, 15) is 0 Å². The summed E-state index contributed by atoms with van der Waals surface area (Å²) in [5.41, 5.74) is -0.113. The molecule has 0 spiro atoms. The zero-order valence-corrected chi connectivity index (χ0v) is 11.0. The molecule has 74 valence electrons. The van der Waals surface area contributed by atoms with Gasteiger partial charge in [0.1, 0.15) is 3.57 Å². The molecule has 0 aromatic carbocycles. The lowest BCUT2D eigenvalue weighted by atomic mass is 10.1. The predicted octanol–water partition coefficient (Wildman–Crippen LogP) is 2.90. The molecule has 0 amide bonds. The van der Waals surface area contributed by atoms with Gasteiger partial charge in [0.25, 0.3) is 0 Å². The average molecular weight is 315 g/mol. The zero-order valence-electron chi connectivity index (χ0n) is 8.06. The van der Waals surface area contributed by atoms with E-state index in [2.05, 4.69) is 48.5 Å². The molecule has 1 aromatic rings. The van der Waals surface area contributed by atoms with Gasteiger partial charge in [0, 0.05) is 0 Å². The van der Waals surface area contributed by atoms with E-state index in [0.717, 1.165) is 9.45 Å². The molecule has 0 aliphatic rings. The van der Waals surface area contributed by atoms with Crippen molar-refractivity contribution in [1.82, 2.24) is 9.78 Å². The lowest BCUT2D eigenvalue weighted by Crippen LogP contribution is -2.23. The van der Waals surface area contributed by atoms with Gasteiger partial charge in [-0.25, -0.2) is 4.68 Å². The molecule has 0 aliphatic carbocycles. The minimum Gasteiger partial charge on any atom is -0.480 e. The topological polar surface area (TPSA) is 27.1 Å². The van der Waals surface area contributed by atoms with E-state index >= 15 is 0 Å². The van der Waals surface area contributed by atoms with Crippen molar-refractivity contribution >= 4 is 34.2 Å². The van der Waals surface area contributed by atoms with Crippen LogP contribution in [0.25, 0.3) is 0 Å². The highest BCUT2D eigenvalue weighted by Gasteiger charge is 2.23. The van der Waals surface area contributed by atoms with Crippen molar-refractivity contribution in [1.29, 1.82) is 0 Å². The van der Waals surface area contributed by atoms with E-state index in [1.807, 2.05) is 0 Å². The van der Waals surface area contributed by atoms with E-state index in [0.29, 0.717) is 5.15 Å². The Morgan fingerprint density at radius 2 is 2.00 bits per heavy atom. The van der Waals surface area contributed by atoms with E-state index in [4.69, 9.17) is 16.3 Å². The van der Waals surface area contributed by atoms with Gasteiger partial charge in [0.05, 0.1) is 12.6 Å². The number of halogens is 2. The zero-order chi connectivity index (χ0) is 10.2. The maximum absolute atomic E-state index is 5.90. The first-order valence-electron chi connectivity index (χ1n) is 3.86. The molecule has 3 nitrogen and oxygen atoms in total. The van der Waals surface area contributed by atoms with Crippen molar-refractivity contribution in [2.75, 3.05) is 7.11 Å². The number of methoxy groups -OCH3 is 1. The Balaban J connectivity index is 3.30. The largest absolute Gasteiger partial charge is 0.480 e. The number of nitrogens with zero attached hydrogens (tertiary/aromatic N) is 2. The Kier molecular flexibility index (Phi) is 3.12. The van der Waals surface area contributed by atoms with Crippen molar-refractivity contribution in [2.24, 2.45) is 0 Å². The summed E-state index contributed by atoms with van der Waals surface area (Å²) in [6.07, 6.45) is 0. The molecule has 0 unspecified atom stereocenters. The summed E-state index contributed by atoms with van der Waals surface area (Å²) >= 11 is 8.03. The van der Waals surface area contributed by atoms with Gasteiger partial charge >= 0.3 is 0 Å². The molecule has 5 heteroatoms. The molecule has 13 heavy (non-hydrogen) atoms. The quantitative estimate of drug-likeness (QED) is 0.745. The van der Waals surface area contributed by atoms with Crippen LogP contribution in [-0.2, 0) is 5.54 Å². The summed E-state index contributed by atoms with van der Waals surface area (Å²) in [7, 11) is 1.62. The summed E-state index contributed by atoms with van der Waals surface area (Å²) in [5.74, 6) is 0.720. The lowest BCUT2D eigenvalue weighted by molar-refractivity contribution is 0.281. The molecule has 0 saturated heterocycles. The molecule has 1 heterocycles. The Morgan fingerprint density at radius 3 is 2.31 bits per heavy atom. The van der Waals surface area contributed by atoms with E-state index in [-0.39, 0.29) is 5.54 Å². The molecular formula is C8H12ClIN2O. The van der Waals surface area contributed by atoms with E-state index < -0.39 is 0 Å². The minimum absolute atomic E-state index is 0.113. The summed E-state index contributed by atoms with van der Waals surface area (Å²) in [5, 5.41) is 4.69. The second-order valence-electron chi connectivity index (χ2n) is 3.70. The minimum atomic E-state index is -0.113. The van der Waals surface area contributed by atoms with Crippen LogP contribution in [0.1, 0.15) is 20.8 Å². The van der Waals surface area contributed by atoms with Crippen LogP contribution in [0.3, 0.4) is 0 Å². The van der Waals surface area contributed by atoms with Crippen molar-refractivity contribution in [3.8, 4) is 5.88 Å². The molecule has 0 aliphatic heterocycles. The van der Waals surface area contributed by atoms with Crippen LogP contribution < -0.4 is 4.74 Å². The van der Waals surface area contributed by atoms with Crippen molar-refractivity contribution < 1.29 is 4.74 Å². The van der Waals surface area contributed by atoms with Crippen LogP contribution in [0.5, 0.6) is 5.88 Å². The van der Waals surface area contributed by atoms with Gasteiger partial charge in [-0.15, -0.1) is 0 Å². The molecule has 0 bridgehead atoms. The summed E-state index contributed by atoms with van der Waals surface area (Å²) in [6.45, 7) is 6.15. The highest BCUT2D eigenvalue weighted by Crippen LogP contribution is 2.31. The van der Waals surface area contributed by atoms with Gasteiger partial charge in [-0.05, 0) is 43.4 Å². The smallest absolute Gasteiger partial charge is 0.227 e. The maximum atomic E-state index is 5.90. The fourth-order valence-electron chi connectivity index (χ4n) is 0.989. The Bertz CT molecular complexity index is 317. The van der Waals surface area contributed by atoms with Gasteiger partial charge in [-0.3, -0.25) is 0 Å². The van der Waals surface area contributed by atoms with Crippen LogP contribution in [0.4, 0.5) is 0 Å². The third-order valence-electron chi connectivity index (χ3n) is 1.58. The highest BCUT2D eigenvalue weighted by atomic mass is 127. The van der Waals surface area contributed by atoms with Crippen molar-refractivity contribution in [3.63, 3.8) is 0 Å².